The van der Waals surface area contributed by atoms with Crippen molar-refractivity contribution >= 4 is 35.0 Å². The van der Waals surface area contributed by atoms with Gasteiger partial charge in [-0.2, -0.15) is 8.78 Å². The van der Waals surface area contributed by atoms with Crippen molar-refractivity contribution < 1.29 is 32.6 Å². The van der Waals surface area contributed by atoms with Crippen LogP contribution in [0.2, 0.25) is 10.0 Å². The normalized spacial score (nSPS) is 10.5. The SMILES string of the molecule is COc1cc(C(=O)NNC(=O)CCCOc2ccc(Cl)cc2Cl)ccc1OC(F)F. The van der Waals surface area contributed by atoms with Gasteiger partial charge in [0.15, 0.2) is 11.5 Å². The molecule has 2 aromatic carbocycles. The lowest BCUT2D eigenvalue weighted by molar-refractivity contribution is -0.122. The molecule has 0 unspecified atom stereocenters. The largest absolute Gasteiger partial charge is 0.493 e. The Morgan fingerprint density at radius 2 is 1.77 bits per heavy atom. The predicted molar refractivity (Wildman–Crippen MR) is 106 cm³/mol. The Hall–Kier alpha value is -2.78. The maximum absolute atomic E-state index is 12.3. The Labute approximate surface area is 181 Å². The van der Waals surface area contributed by atoms with E-state index in [1.807, 2.05) is 0 Å². The molecule has 2 amide bonds. The van der Waals surface area contributed by atoms with Gasteiger partial charge in [0.1, 0.15) is 5.75 Å². The van der Waals surface area contributed by atoms with Gasteiger partial charge >= 0.3 is 6.61 Å². The molecule has 0 heterocycles. The maximum Gasteiger partial charge on any atom is 0.387 e. The van der Waals surface area contributed by atoms with Crippen LogP contribution in [-0.4, -0.2) is 32.1 Å². The van der Waals surface area contributed by atoms with Crippen molar-refractivity contribution in [3.8, 4) is 17.2 Å². The van der Waals surface area contributed by atoms with Crippen LogP contribution in [0.5, 0.6) is 17.2 Å². The average molecular weight is 463 g/mol. The van der Waals surface area contributed by atoms with Crippen molar-refractivity contribution in [3.05, 3.63) is 52.0 Å². The number of carbonyl (C=O) groups is 2. The van der Waals surface area contributed by atoms with Gasteiger partial charge in [-0.3, -0.25) is 20.4 Å². The zero-order valence-electron chi connectivity index (χ0n) is 15.7. The van der Waals surface area contributed by atoms with Crippen LogP contribution in [0.3, 0.4) is 0 Å². The van der Waals surface area contributed by atoms with Crippen molar-refractivity contribution in [3.63, 3.8) is 0 Å². The summed E-state index contributed by atoms with van der Waals surface area (Å²) in [6.45, 7) is -2.80. The molecule has 0 bridgehead atoms. The molecule has 2 aromatic rings. The van der Waals surface area contributed by atoms with E-state index >= 15 is 0 Å². The van der Waals surface area contributed by atoms with Gasteiger partial charge in [-0.05, 0) is 42.8 Å². The predicted octanol–water partition coefficient (Wildman–Crippen LogP) is 4.22. The summed E-state index contributed by atoms with van der Waals surface area (Å²) >= 11 is 11.8. The Kier molecular flexibility index (Phi) is 8.94. The second-order valence-electron chi connectivity index (χ2n) is 5.77. The first-order valence-corrected chi connectivity index (χ1v) is 9.35. The Morgan fingerprint density at radius 1 is 1.03 bits per heavy atom. The molecule has 2 rings (SSSR count). The minimum atomic E-state index is -3.03. The van der Waals surface area contributed by atoms with Gasteiger partial charge in [-0.1, -0.05) is 23.2 Å². The summed E-state index contributed by atoms with van der Waals surface area (Å²) in [5.41, 5.74) is 4.56. The van der Waals surface area contributed by atoms with Crippen LogP contribution >= 0.6 is 23.2 Å². The van der Waals surface area contributed by atoms with E-state index in [0.717, 1.165) is 0 Å². The first kappa shape index (κ1) is 23.5. The molecule has 0 aliphatic rings. The van der Waals surface area contributed by atoms with E-state index in [0.29, 0.717) is 22.2 Å². The molecule has 0 atom stereocenters. The molecule has 0 aliphatic heterocycles. The van der Waals surface area contributed by atoms with E-state index in [4.69, 9.17) is 32.7 Å². The molecule has 30 heavy (non-hydrogen) atoms. The number of hydrogen-bond donors (Lipinski definition) is 2. The molecular weight excluding hydrogens is 445 g/mol. The third-order valence-electron chi connectivity index (χ3n) is 3.66. The van der Waals surface area contributed by atoms with E-state index in [1.165, 1.54) is 25.3 Å². The quantitative estimate of drug-likeness (QED) is 0.430. The second-order valence-corrected chi connectivity index (χ2v) is 6.62. The van der Waals surface area contributed by atoms with Crippen LogP contribution in [0, 0.1) is 0 Å². The molecule has 0 aliphatic carbocycles. The third-order valence-corrected chi connectivity index (χ3v) is 4.19. The standard InChI is InChI=1S/C19H18Cl2F2N2O5/c1-28-16-9-11(4-6-15(16)30-19(22)23)18(27)25-24-17(26)3-2-8-29-14-7-5-12(20)10-13(14)21/h4-7,9-10,19H,2-3,8H2,1H3,(H,24,26)(H,25,27). The van der Waals surface area contributed by atoms with Crippen LogP contribution in [0.25, 0.3) is 0 Å². The van der Waals surface area contributed by atoms with Gasteiger partial charge in [0.25, 0.3) is 5.91 Å². The number of rotatable bonds is 9. The summed E-state index contributed by atoms with van der Waals surface area (Å²) in [5.74, 6) is -0.919. The topological polar surface area (TPSA) is 85.9 Å². The first-order chi connectivity index (χ1) is 14.3. The number of halogens is 4. The lowest BCUT2D eigenvalue weighted by atomic mass is 10.2. The number of amides is 2. The summed E-state index contributed by atoms with van der Waals surface area (Å²) in [4.78, 5) is 24.0. The molecule has 11 heteroatoms. The molecule has 0 saturated heterocycles. The number of carbonyl (C=O) groups excluding carboxylic acids is 2. The molecule has 7 nitrogen and oxygen atoms in total. The van der Waals surface area contributed by atoms with Crippen LogP contribution in [-0.2, 0) is 4.79 Å². The van der Waals surface area contributed by atoms with E-state index in [-0.39, 0.29) is 30.1 Å². The minimum Gasteiger partial charge on any atom is -0.493 e. The molecule has 162 valence electrons. The van der Waals surface area contributed by atoms with Crippen molar-refractivity contribution in [2.24, 2.45) is 0 Å². The smallest absolute Gasteiger partial charge is 0.387 e. The highest BCUT2D eigenvalue weighted by Crippen LogP contribution is 2.29. The monoisotopic (exact) mass is 462 g/mol. The number of benzene rings is 2. The molecule has 0 radical (unpaired) electrons. The zero-order valence-corrected chi connectivity index (χ0v) is 17.2. The van der Waals surface area contributed by atoms with Crippen LogP contribution in [0.4, 0.5) is 8.78 Å². The number of ether oxygens (including phenoxy) is 3. The number of hydrazine groups is 1. The number of alkyl halides is 2. The maximum atomic E-state index is 12.3. The number of methoxy groups -OCH3 is 1. The van der Waals surface area contributed by atoms with E-state index in [1.54, 1.807) is 18.2 Å². The fourth-order valence-electron chi connectivity index (χ4n) is 2.27. The summed E-state index contributed by atoms with van der Waals surface area (Å²) in [5, 5.41) is 0.843. The highest BCUT2D eigenvalue weighted by molar-refractivity contribution is 6.35. The van der Waals surface area contributed by atoms with Crippen molar-refractivity contribution in [1.29, 1.82) is 0 Å². The minimum absolute atomic E-state index is 0.0488. The highest BCUT2D eigenvalue weighted by atomic mass is 35.5. The van der Waals surface area contributed by atoms with Gasteiger partial charge in [0, 0.05) is 17.0 Å². The Morgan fingerprint density at radius 3 is 2.43 bits per heavy atom. The summed E-state index contributed by atoms with van der Waals surface area (Å²) in [6, 6.07) is 8.43. The summed E-state index contributed by atoms with van der Waals surface area (Å²) in [6.07, 6.45) is 0.449. The fourth-order valence-corrected chi connectivity index (χ4v) is 2.73. The van der Waals surface area contributed by atoms with Crippen molar-refractivity contribution in [2.75, 3.05) is 13.7 Å². The van der Waals surface area contributed by atoms with Crippen molar-refractivity contribution in [1.82, 2.24) is 10.9 Å². The molecule has 0 spiro atoms. The number of hydrogen-bond acceptors (Lipinski definition) is 5. The lowest BCUT2D eigenvalue weighted by Crippen LogP contribution is -2.41. The molecular formula is C19H18Cl2F2N2O5. The highest BCUT2D eigenvalue weighted by Gasteiger charge is 2.14. The molecule has 0 fully saturated rings. The third kappa shape index (κ3) is 7.23. The fraction of sp³-hybridized carbons (Fsp3) is 0.263. The van der Waals surface area contributed by atoms with Gasteiger partial charge in [-0.25, -0.2) is 0 Å². The molecule has 0 aromatic heterocycles. The summed E-state index contributed by atoms with van der Waals surface area (Å²) < 4.78 is 39.3. The molecule has 0 saturated carbocycles. The lowest BCUT2D eigenvalue weighted by Gasteiger charge is -2.12. The first-order valence-electron chi connectivity index (χ1n) is 8.60. The van der Waals surface area contributed by atoms with Gasteiger partial charge < -0.3 is 14.2 Å². The second kappa shape index (κ2) is 11.4. The Bertz CT molecular complexity index is 899. The number of nitrogens with one attached hydrogen (secondary N) is 2. The van der Waals surface area contributed by atoms with Crippen LogP contribution in [0.15, 0.2) is 36.4 Å². The van der Waals surface area contributed by atoms with Gasteiger partial charge in [0.2, 0.25) is 5.91 Å². The average Bonchev–Trinajstić information content (AvgIpc) is 2.70. The zero-order chi connectivity index (χ0) is 22.1. The van der Waals surface area contributed by atoms with Crippen molar-refractivity contribution in [2.45, 2.75) is 19.5 Å². The molecule has 2 N–H and O–H groups in total. The Balaban J connectivity index is 1.76. The van der Waals surface area contributed by atoms with E-state index in [9.17, 15) is 18.4 Å². The van der Waals surface area contributed by atoms with Crippen LogP contribution in [0.1, 0.15) is 23.2 Å². The van der Waals surface area contributed by atoms with E-state index < -0.39 is 18.4 Å². The summed E-state index contributed by atoms with van der Waals surface area (Å²) in [7, 11) is 1.25. The van der Waals surface area contributed by atoms with Crippen LogP contribution < -0.4 is 25.1 Å². The van der Waals surface area contributed by atoms with Gasteiger partial charge in [-0.15, -0.1) is 0 Å². The van der Waals surface area contributed by atoms with Gasteiger partial charge in [0.05, 0.1) is 18.7 Å². The van der Waals surface area contributed by atoms with E-state index in [2.05, 4.69) is 15.6 Å².